The van der Waals surface area contributed by atoms with Gasteiger partial charge in [0.2, 0.25) is 0 Å². The van der Waals surface area contributed by atoms with Crippen LogP contribution in [0.1, 0.15) is 6.92 Å². The van der Waals surface area contributed by atoms with Crippen molar-refractivity contribution in [1.29, 1.82) is 0 Å². The summed E-state index contributed by atoms with van der Waals surface area (Å²) in [4.78, 5) is 0. The van der Waals surface area contributed by atoms with Crippen LogP contribution in [0.15, 0.2) is 35.7 Å². The van der Waals surface area contributed by atoms with Crippen molar-refractivity contribution in [2.24, 2.45) is 0 Å². The molecule has 0 saturated carbocycles. The lowest BCUT2D eigenvalue weighted by Crippen LogP contribution is -2.10. The summed E-state index contributed by atoms with van der Waals surface area (Å²) in [6.07, 6.45) is -0.786. The Morgan fingerprint density at radius 2 is 1.92 bits per heavy atom. The third-order valence-corrected chi connectivity index (χ3v) is 1.72. The molecule has 0 aliphatic rings. The van der Waals surface area contributed by atoms with Crippen LogP contribution in [0, 0.1) is 0 Å². The first-order valence-corrected chi connectivity index (χ1v) is 3.83. The minimum absolute atomic E-state index is 0.0561. The summed E-state index contributed by atoms with van der Waals surface area (Å²) in [5.41, 5.74) is -0.676. The number of alkyl halides is 3. The molecule has 0 saturated heterocycles. The molecule has 4 heteroatoms. The number of halogens is 3. The summed E-state index contributed by atoms with van der Waals surface area (Å²) in [7, 11) is 2.00. The van der Waals surface area contributed by atoms with E-state index in [9.17, 15) is 13.2 Å². The molecule has 1 atom stereocenters. The van der Waals surface area contributed by atoms with Crippen molar-refractivity contribution in [3.05, 3.63) is 35.7 Å². The molecule has 1 unspecified atom stereocenters. The molecule has 0 radical (unpaired) electrons. The normalized spacial score (nSPS) is 14.8. The lowest BCUT2D eigenvalue weighted by atomic mass is 10.2. The minimum Gasteiger partial charge on any atom is -0.166 e. The van der Waals surface area contributed by atoms with Crippen LogP contribution in [0.2, 0.25) is 0 Å². The summed E-state index contributed by atoms with van der Waals surface area (Å²) in [5.74, 6) is 0. The molecule has 0 N–H and O–H groups in total. The fourth-order valence-corrected chi connectivity index (χ4v) is 0.891. The first-order valence-electron chi connectivity index (χ1n) is 3.25. The van der Waals surface area contributed by atoms with Crippen LogP contribution >= 0.6 is 9.24 Å². The maximum atomic E-state index is 12.2. The van der Waals surface area contributed by atoms with E-state index in [0.717, 1.165) is 12.2 Å². The summed E-state index contributed by atoms with van der Waals surface area (Å²) in [6, 6.07) is 0. The van der Waals surface area contributed by atoms with Gasteiger partial charge in [-0.05, 0) is 12.2 Å². The van der Waals surface area contributed by atoms with Gasteiger partial charge in [0, 0.05) is 0 Å². The van der Waals surface area contributed by atoms with Crippen LogP contribution in [-0.4, -0.2) is 6.18 Å². The lowest BCUT2D eigenvalue weighted by Gasteiger charge is -2.09. The van der Waals surface area contributed by atoms with Gasteiger partial charge in [0.1, 0.15) is 0 Å². The van der Waals surface area contributed by atoms with Crippen LogP contribution in [0.4, 0.5) is 13.2 Å². The number of hydrogen-bond donors (Lipinski definition) is 0. The van der Waals surface area contributed by atoms with Crippen molar-refractivity contribution in [3.8, 4) is 0 Å². The Morgan fingerprint density at radius 3 is 2.17 bits per heavy atom. The Balaban J connectivity index is 5.05. The SMILES string of the molecule is C=C/C(P)=C(\C=C/C)C(F)(F)F. The van der Waals surface area contributed by atoms with E-state index in [2.05, 4.69) is 6.58 Å². The van der Waals surface area contributed by atoms with Crippen LogP contribution in [0.3, 0.4) is 0 Å². The summed E-state index contributed by atoms with van der Waals surface area (Å²) in [6.45, 7) is 4.80. The Bertz CT molecular complexity index is 223. The third-order valence-electron chi connectivity index (χ3n) is 1.17. The molecule has 0 aliphatic heterocycles. The zero-order valence-electron chi connectivity index (χ0n) is 6.65. The predicted octanol–water partition coefficient (Wildman–Crippen LogP) is 3.44. The molecule has 0 aromatic carbocycles. The summed E-state index contributed by atoms with van der Waals surface area (Å²) < 4.78 is 36.5. The quantitative estimate of drug-likeness (QED) is 0.466. The highest BCUT2D eigenvalue weighted by Crippen LogP contribution is 2.31. The van der Waals surface area contributed by atoms with Crippen molar-refractivity contribution < 1.29 is 13.2 Å². The zero-order chi connectivity index (χ0) is 9.78. The molecule has 0 bridgehead atoms. The van der Waals surface area contributed by atoms with Gasteiger partial charge in [-0.15, -0.1) is 9.24 Å². The largest absolute Gasteiger partial charge is 0.416 e. The molecule has 0 rings (SSSR count). The Labute approximate surface area is 72.1 Å². The van der Waals surface area contributed by atoms with Crippen molar-refractivity contribution in [2.45, 2.75) is 13.1 Å². The lowest BCUT2D eigenvalue weighted by molar-refractivity contribution is -0.0883. The zero-order valence-corrected chi connectivity index (χ0v) is 7.81. The van der Waals surface area contributed by atoms with Crippen molar-refractivity contribution in [3.63, 3.8) is 0 Å². The van der Waals surface area contributed by atoms with Gasteiger partial charge in [-0.3, -0.25) is 0 Å². The van der Waals surface area contributed by atoms with Crippen LogP contribution in [-0.2, 0) is 0 Å². The second kappa shape index (κ2) is 4.46. The van der Waals surface area contributed by atoms with Gasteiger partial charge in [-0.1, -0.05) is 24.8 Å². The molecule has 0 spiro atoms. The minimum atomic E-state index is -4.31. The molecule has 0 nitrogen and oxygen atoms in total. The Morgan fingerprint density at radius 1 is 1.42 bits per heavy atom. The highest BCUT2D eigenvalue weighted by atomic mass is 31.0. The molecule has 68 valence electrons. The molecule has 0 aromatic heterocycles. The first-order chi connectivity index (χ1) is 5.43. The maximum Gasteiger partial charge on any atom is 0.416 e. The second-order valence-electron chi connectivity index (χ2n) is 2.07. The molecule has 12 heavy (non-hydrogen) atoms. The van der Waals surface area contributed by atoms with E-state index < -0.39 is 11.7 Å². The fourth-order valence-electron chi connectivity index (χ4n) is 0.631. The fraction of sp³-hybridized carbons (Fsp3) is 0.250. The van der Waals surface area contributed by atoms with E-state index in [1.165, 1.54) is 13.0 Å². The standard InChI is InChI=1S/C8H10F3P/c1-3-5-6(7(12)4-2)8(9,10)11/h3-5H,2,12H2,1H3/b5-3-,7-6-. The van der Waals surface area contributed by atoms with Gasteiger partial charge in [0.15, 0.2) is 0 Å². The van der Waals surface area contributed by atoms with E-state index in [0.29, 0.717) is 0 Å². The average molecular weight is 194 g/mol. The van der Waals surface area contributed by atoms with Gasteiger partial charge in [-0.25, -0.2) is 0 Å². The summed E-state index contributed by atoms with van der Waals surface area (Å²) >= 11 is 0. The highest BCUT2D eigenvalue weighted by Gasteiger charge is 2.32. The van der Waals surface area contributed by atoms with Crippen molar-refractivity contribution >= 4 is 9.24 Å². The molecule has 0 aromatic rings. The molecule has 0 heterocycles. The van der Waals surface area contributed by atoms with Gasteiger partial charge >= 0.3 is 6.18 Å². The molecule has 0 aliphatic carbocycles. The molecular weight excluding hydrogens is 184 g/mol. The van der Waals surface area contributed by atoms with Gasteiger partial charge in [-0.2, -0.15) is 13.2 Å². The van der Waals surface area contributed by atoms with Crippen molar-refractivity contribution in [1.82, 2.24) is 0 Å². The molecule has 0 amide bonds. The van der Waals surface area contributed by atoms with E-state index >= 15 is 0 Å². The number of hydrogen-bond acceptors (Lipinski definition) is 0. The summed E-state index contributed by atoms with van der Waals surface area (Å²) in [5, 5.41) is 0.0561. The Kier molecular flexibility index (Phi) is 4.25. The third kappa shape index (κ3) is 3.22. The molecule has 0 fully saturated rings. The monoisotopic (exact) mass is 194 g/mol. The maximum absolute atomic E-state index is 12.2. The van der Waals surface area contributed by atoms with E-state index in [-0.39, 0.29) is 5.31 Å². The Hall–Kier alpha value is -0.560. The van der Waals surface area contributed by atoms with E-state index in [4.69, 9.17) is 0 Å². The number of rotatable bonds is 2. The molecular formula is C8H10F3P. The topological polar surface area (TPSA) is 0 Å². The predicted molar refractivity (Wildman–Crippen MR) is 47.8 cm³/mol. The van der Waals surface area contributed by atoms with Crippen molar-refractivity contribution in [2.75, 3.05) is 0 Å². The van der Waals surface area contributed by atoms with Gasteiger partial charge in [0.05, 0.1) is 5.57 Å². The van der Waals surface area contributed by atoms with Gasteiger partial charge in [0.25, 0.3) is 0 Å². The second-order valence-corrected chi connectivity index (χ2v) is 2.69. The first kappa shape index (κ1) is 11.4. The smallest absolute Gasteiger partial charge is 0.166 e. The highest BCUT2D eigenvalue weighted by molar-refractivity contribution is 7.23. The van der Waals surface area contributed by atoms with Crippen LogP contribution in [0.5, 0.6) is 0 Å². The van der Waals surface area contributed by atoms with Gasteiger partial charge < -0.3 is 0 Å². The van der Waals surface area contributed by atoms with E-state index in [1.807, 2.05) is 9.24 Å². The van der Waals surface area contributed by atoms with E-state index in [1.54, 1.807) is 0 Å². The van der Waals surface area contributed by atoms with Crippen LogP contribution < -0.4 is 0 Å². The average Bonchev–Trinajstić information content (AvgIpc) is 1.96. The van der Waals surface area contributed by atoms with Crippen LogP contribution in [0.25, 0.3) is 0 Å². The number of allylic oxidation sites excluding steroid dienone is 5.